The number of nitrogens with zero attached hydrogens (tertiary/aromatic N) is 2. The summed E-state index contributed by atoms with van der Waals surface area (Å²) >= 11 is 1.05. The minimum Gasteiger partial charge on any atom is -0.493 e. The van der Waals surface area contributed by atoms with Crippen molar-refractivity contribution < 1.29 is 23.5 Å². The van der Waals surface area contributed by atoms with E-state index in [1.54, 1.807) is 44.2 Å². The van der Waals surface area contributed by atoms with Gasteiger partial charge in [-0.25, -0.2) is 9.18 Å². The van der Waals surface area contributed by atoms with Crippen LogP contribution >= 0.6 is 11.3 Å². The van der Waals surface area contributed by atoms with E-state index >= 15 is 0 Å². The van der Waals surface area contributed by atoms with Crippen molar-refractivity contribution in [2.24, 2.45) is 0 Å². The maximum absolute atomic E-state index is 14.5. The lowest BCUT2D eigenvalue weighted by Gasteiger charge is -2.11. The van der Waals surface area contributed by atoms with Crippen LogP contribution in [-0.2, 0) is 4.74 Å². The van der Waals surface area contributed by atoms with E-state index in [2.05, 4.69) is 10.4 Å². The lowest BCUT2D eigenvalue weighted by Crippen LogP contribution is -2.26. The summed E-state index contributed by atoms with van der Waals surface area (Å²) in [6.07, 6.45) is 0. The Morgan fingerprint density at radius 2 is 1.82 bits per heavy atom. The van der Waals surface area contributed by atoms with Crippen molar-refractivity contribution in [2.45, 2.75) is 13.8 Å². The van der Waals surface area contributed by atoms with Crippen LogP contribution < -0.4 is 15.6 Å². The fourth-order valence-corrected chi connectivity index (χ4v) is 4.32. The van der Waals surface area contributed by atoms with Crippen molar-refractivity contribution in [1.82, 2.24) is 9.78 Å². The van der Waals surface area contributed by atoms with Crippen LogP contribution in [-0.4, -0.2) is 34.9 Å². The Kier molecular flexibility index (Phi) is 6.69. The molecule has 4 rings (SSSR count). The highest BCUT2D eigenvalue weighted by Crippen LogP contribution is 2.32. The quantitative estimate of drug-likeness (QED) is 0.393. The fraction of sp³-hybridized carbons (Fsp3) is 0.167. The first-order valence-corrected chi connectivity index (χ1v) is 11.3. The number of hydrogen-bond acceptors (Lipinski definition) is 7. The number of halogens is 1. The number of thiophene rings is 1. The summed E-state index contributed by atoms with van der Waals surface area (Å²) in [5.41, 5.74) is -0.709. The predicted octanol–water partition coefficient (Wildman–Crippen LogP) is 4.41. The van der Waals surface area contributed by atoms with Crippen LogP contribution in [0.3, 0.4) is 0 Å². The maximum atomic E-state index is 14.5. The van der Waals surface area contributed by atoms with Gasteiger partial charge < -0.3 is 14.8 Å². The van der Waals surface area contributed by atoms with Crippen molar-refractivity contribution in [1.29, 1.82) is 0 Å². The van der Waals surface area contributed by atoms with Crippen molar-refractivity contribution in [3.63, 3.8) is 0 Å². The van der Waals surface area contributed by atoms with E-state index in [-0.39, 0.29) is 39.3 Å². The lowest BCUT2D eigenvalue weighted by molar-refractivity contribution is 0.0519. The Labute approximate surface area is 197 Å². The van der Waals surface area contributed by atoms with Gasteiger partial charge >= 0.3 is 5.97 Å². The summed E-state index contributed by atoms with van der Waals surface area (Å²) in [5, 5.41) is 8.78. The molecule has 8 nitrogen and oxygen atoms in total. The number of anilines is 1. The molecule has 0 unspecified atom stereocenters. The number of ether oxygens (including phenoxy) is 2. The van der Waals surface area contributed by atoms with E-state index in [1.165, 1.54) is 23.6 Å². The van der Waals surface area contributed by atoms with Gasteiger partial charge in [0.2, 0.25) is 0 Å². The van der Waals surface area contributed by atoms with Crippen LogP contribution in [0.4, 0.5) is 9.39 Å². The van der Waals surface area contributed by atoms with E-state index in [9.17, 15) is 18.8 Å². The van der Waals surface area contributed by atoms with E-state index in [4.69, 9.17) is 9.47 Å². The average molecular weight is 482 g/mol. The third kappa shape index (κ3) is 4.27. The number of rotatable bonds is 7. The molecular weight excluding hydrogens is 461 g/mol. The minimum absolute atomic E-state index is 0.0218. The number of esters is 1. The number of nitrogens with one attached hydrogen (secondary N) is 1. The first-order valence-electron chi connectivity index (χ1n) is 10.5. The number of fused-ring (bicyclic) bond motifs is 1. The van der Waals surface area contributed by atoms with Gasteiger partial charge in [-0.1, -0.05) is 24.3 Å². The number of carbonyl (C=O) groups excluding carboxylic acids is 2. The van der Waals surface area contributed by atoms with Crippen molar-refractivity contribution in [2.75, 3.05) is 18.5 Å². The van der Waals surface area contributed by atoms with Crippen molar-refractivity contribution >= 4 is 39.0 Å². The first kappa shape index (κ1) is 23.1. The SMILES string of the molecule is CCOC(=O)c1nn(-c2ccccc2F)c(=O)c2c(NC(=O)c3ccccc3OCC)scc12. The zero-order valence-electron chi connectivity index (χ0n) is 18.3. The molecule has 174 valence electrons. The molecule has 34 heavy (non-hydrogen) atoms. The van der Waals surface area contributed by atoms with Gasteiger partial charge in [0.25, 0.3) is 11.5 Å². The summed E-state index contributed by atoms with van der Waals surface area (Å²) in [5.74, 6) is -1.58. The molecule has 0 radical (unpaired) electrons. The molecule has 10 heteroatoms. The highest BCUT2D eigenvalue weighted by molar-refractivity contribution is 7.16. The highest BCUT2D eigenvalue weighted by atomic mass is 32.1. The van der Waals surface area contributed by atoms with Crippen LogP contribution in [0.5, 0.6) is 5.75 Å². The van der Waals surface area contributed by atoms with Gasteiger partial charge in [-0.15, -0.1) is 11.3 Å². The lowest BCUT2D eigenvalue weighted by atomic mass is 10.2. The van der Waals surface area contributed by atoms with Crippen molar-refractivity contribution in [3.8, 4) is 11.4 Å². The minimum atomic E-state index is -0.769. The third-order valence-corrected chi connectivity index (χ3v) is 5.76. The van der Waals surface area contributed by atoms with Crippen LogP contribution in [0.25, 0.3) is 16.5 Å². The zero-order valence-corrected chi connectivity index (χ0v) is 19.1. The molecule has 0 aliphatic carbocycles. The Morgan fingerprint density at radius 3 is 2.56 bits per heavy atom. The molecule has 0 bridgehead atoms. The second-order valence-corrected chi connectivity index (χ2v) is 7.85. The normalized spacial score (nSPS) is 10.8. The Morgan fingerprint density at radius 1 is 1.09 bits per heavy atom. The molecule has 1 amide bonds. The molecule has 1 N–H and O–H groups in total. The topological polar surface area (TPSA) is 99.5 Å². The number of amides is 1. The molecule has 0 saturated heterocycles. The predicted molar refractivity (Wildman–Crippen MR) is 127 cm³/mol. The Balaban J connectivity index is 1.88. The van der Waals surface area contributed by atoms with Gasteiger partial charge in [0.15, 0.2) is 5.69 Å². The van der Waals surface area contributed by atoms with Gasteiger partial charge in [0.1, 0.15) is 22.3 Å². The van der Waals surface area contributed by atoms with Gasteiger partial charge in [-0.3, -0.25) is 9.59 Å². The van der Waals surface area contributed by atoms with Gasteiger partial charge in [0, 0.05) is 10.8 Å². The van der Waals surface area contributed by atoms with E-state index < -0.39 is 23.3 Å². The molecule has 2 aromatic carbocycles. The Bertz CT molecular complexity index is 1450. The van der Waals surface area contributed by atoms with E-state index in [0.717, 1.165) is 16.0 Å². The van der Waals surface area contributed by atoms with E-state index in [1.807, 2.05) is 0 Å². The molecule has 0 aliphatic rings. The summed E-state index contributed by atoms with van der Waals surface area (Å²) < 4.78 is 25.9. The molecule has 0 atom stereocenters. The number of carbonyl (C=O) groups is 2. The molecule has 0 fully saturated rings. The molecule has 2 heterocycles. The fourth-order valence-electron chi connectivity index (χ4n) is 3.38. The van der Waals surface area contributed by atoms with Crippen molar-refractivity contribution in [3.05, 3.63) is 81.3 Å². The van der Waals surface area contributed by atoms with E-state index in [0.29, 0.717) is 12.4 Å². The van der Waals surface area contributed by atoms with Crippen LogP contribution in [0, 0.1) is 5.82 Å². The molecule has 0 aliphatic heterocycles. The van der Waals surface area contributed by atoms with Gasteiger partial charge in [-0.2, -0.15) is 9.78 Å². The monoisotopic (exact) mass is 481 g/mol. The van der Waals surface area contributed by atoms with Crippen LogP contribution in [0.15, 0.2) is 58.7 Å². The summed E-state index contributed by atoms with van der Waals surface area (Å²) in [4.78, 5) is 39.0. The highest BCUT2D eigenvalue weighted by Gasteiger charge is 2.24. The number of hydrogen-bond donors (Lipinski definition) is 1. The van der Waals surface area contributed by atoms with Gasteiger partial charge in [0.05, 0.1) is 24.2 Å². The number of aromatic nitrogens is 2. The second-order valence-electron chi connectivity index (χ2n) is 6.97. The molecule has 2 aromatic heterocycles. The van der Waals surface area contributed by atoms with Gasteiger partial charge in [-0.05, 0) is 38.1 Å². The smallest absolute Gasteiger partial charge is 0.359 e. The molecule has 0 saturated carbocycles. The number of para-hydroxylation sites is 2. The van der Waals surface area contributed by atoms with Crippen LogP contribution in [0.1, 0.15) is 34.7 Å². The second kappa shape index (κ2) is 9.84. The molecule has 0 spiro atoms. The average Bonchev–Trinajstić information content (AvgIpc) is 3.24. The molecular formula is C24H20FN3O5S. The maximum Gasteiger partial charge on any atom is 0.359 e. The largest absolute Gasteiger partial charge is 0.493 e. The Hall–Kier alpha value is -4.05. The zero-order chi connectivity index (χ0) is 24.2. The summed E-state index contributed by atoms with van der Waals surface area (Å²) in [6.45, 7) is 3.89. The summed E-state index contributed by atoms with van der Waals surface area (Å²) in [6, 6.07) is 12.3. The first-order chi connectivity index (χ1) is 16.5. The summed E-state index contributed by atoms with van der Waals surface area (Å²) in [7, 11) is 0. The van der Waals surface area contributed by atoms with Crippen LogP contribution in [0.2, 0.25) is 0 Å². The molecule has 4 aromatic rings. The third-order valence-electron chi connectivity index (χ3n) is 4.86. The standard InChI is InChI=1S/C24H20FN3O5S/c1-3-32-18-12-8-5-9-14(18)21(29)26-22-19-15(13-34-22)20(24(31)33-4-2)27-28(23(19)30)17-11-7-6-10-16(17)25/h5-13H,3-4H2,1-2H3,(H,26,29). The number of benzene rings is 2.